The van der Waals surface area contributed by atoms with Crippen LogP contribution in [-0.4, -0.2) is 91.8 Å². The van der Waals surface area contributed by atoms with Gasteiger partial charge in [-0.05, 0) is 66.4 Å². The number of carboxylic acid groups (broad SMARTS) is 4. The molecule has 0 bridgehead atoms. The first-order chi connectivity index (χ1) is 18.4. The van der Waals surface area contributed by atoms with Crippen LogP contribution in [0.5, 0.6) is 0 Å². The Labute approximate surface area is 229 Å². The number of fused-ring (bicyclic) bond motifs is 2. The highest BCUT2D eigenvalue weighted by atomic mass is 32.1. The van der Waals surface area contributed by atoms with Gasteiger partial charge in [0.05, 0.1) is 12.8 Å². The first-order valence-corrected chi connectivity index (χ1v) is 13.1. The quantitative estimate of drug-likeness (QED) is 0.302. The molecule has 1 aromatic heterocycles. The summed E-state index contributed by atoms with van der Waals surface area (Å²) >= 11 is 1.93. The molecule has 2 heterocycles. The van der Waals surface area contributed by atoms with Crippen molar-refractivity contribution in [3.8, 4) is 0 Å². The first-order valence-electron chi connectivity index (χ1n) is 12.2. The lowest BCUT2D eigenvalue weighted by Gasteiger charge is -2.27. The van der Waals surface area contributed by atoms with Crippen molar-refractivity contribution in [2.45, 2.75) is 50.7 Å². The maximum atomic E-state index is 9.72. The van der Waals surface area contributed by atoms with E-state index in [1.54, 1.807) is 16.0 Å². The highest BCUT2D eigenvalue weighted by molar-refractivity contribution is 7.10. The van der Waals surface area contributed by atoms with Crippen LogP contribution in [0.25, 0.3) is 5.57 Å². The van der Waals surface area contributed by atoms with Crippen LogP contribution in [0.2, 0.25) is 0 Å². The summed E-state index contributed by atoms with van der Waals surface area (Å²) in [6.07, 6.45) is -0.276. The van der Waals surface area contributed by atoms with Crippen molar-refractivity contribution in [2.24, 2.45) is 0 Å². The molecular weight excluding hydrogens is 530 g/mol. The Hall–Kier alpha value is -3.58. The minimum Gasteiger partial charge on any atom is -0.481 e. The number of hydrogen-bond acceptors (Lipinski definition) is 8. The molecule has 2 unspecified atom stereocenters. The van der Waals surface area contributed by atoms with Crippen molar-refractivity contribution in [1.29, 1.82) is 0 Å². The van der Waals surface area contributed by atoms with Gasteiger partial charge in [-0.25, -0.2) is 9.59 Å². The minimum atomic E-state index is -1.79. The summed E-state index contributed by atoms with van der Waals surface area (Å²) in [5, 5.41) is 50.6. The number of aliphatic hydroxyl groups excluding tert-OH is 2. The molecule has 12 heteroatoms. The van der Waals surface area contributed by atoms with Gasteiger partial charge in [0.2, 0.25) is 0 Å². The lowest BCUT2D eigenvalue weighted by molar-refractivity contribution is -0.153. The van der Waals surface area contributed by atoms with Crippen molar-refractivity contribution in [1.82, 2.24) is 4.90 Å². The van der Waals surface area contributed by atoms with Gasteiger partial charge < -0.3 is 35.5 Å². The fourth-order valence-corrected chi connectivity index (χ4v) is 5.04. The number of thiophene rings is 1. The van der Waals surface area contributed by atoms with E-state index >= 15 is 0 Å². The molecule has 2 aliphatic rings. The molecule has 1 saturated heterocycles. The number of aryl methyl sites for hydroxylation is 2. The molecule has 39 heavy (non-hydrogen) atoms. The zero-order valence-corrected chi connectivity index (χ0v) is 22.3. The molecule has 0 spiro atoms. The summed E-state index contributed by atoms with van der Waals surface area (Å²) in [5.74, 6) is -5.69. The molecular formula is C27H33NO10S. The predicted molar refractivity (Wildman–Crippen MR) is 143 cm³/mol. The number of nitrogens with zero attached hydrogens (tertiary/aromatic N) is 1. The molecule has 1 aromatic carbocycles. The molecule has 212 valence electrons. The standard InChI is InChI=1S/C19H21NS.2C4H6O5/c1-20-11-8-15(9-12-20)19-16-5-3-2-4-14(16)6-7-18-17(19)10-13-21-18;2*5-2(4(8)9)1-3(6)7/h2-5,10,13H,6-9,11-12H2,1H3;2*2,5H,1H2,(H,6,7)(H,8,9). The van der Waals surface area contributed by atoms with Crippen LogP contribution in [0.4, 0.5) is 0 Å². The second-order valence-electron chi connectivity index (χ2n) is 9.10. The highest BCUT2D eigenvalue weighted by Gasteiger charge is 2.23. The van der Waals surface area contributed by atoms with E-state index in [2.05, 4.69) is 47.7 Å². The SMILES string of the molecule is CN1CCC(=C2c3ccccc3CCc3sccc32)CC1.O=C(O)CC(O)C(=O)O.O=C(O)CC(O)C(=O)O. The molecule has 0 amide bonds. The van der Waals surface area contributed by atoms with E-state index < -0.39 is 48.9 Å². The van der Waals surface area contributed by atoms with Crippen molar-refractivity contribution in [3.05, 3.63) is 62.9 Å². The number of aliphatic carboxylic acids is 4. The molecule has 4 rings (SSSR count). The Bertz CT molecular complexity index is 1160. The minimum absolute atomic E-state index is 0.755. The molecule has 11 nitrogen and oxygen atoms in total. The van der Waals surface area contributed by atoms with Crippen molar-refractivity contribution in [2.75, 3.05) is 20.1 Å². The molecule has 1 aliphatic heterocycles. The summed E-state index contributed by atoms with van der Waals surface area (Å²) in [6.45, 7) is 2.39. The van der Waals surface area contributed by atoms with Crippen LogP contribution in [0, 0.1) is 0 Å². The molecule has 1 aliphatic carbocycles. The number of carbonyl (C=O) groups is 4. The Morgan fingerprint density at radius 2 is 1.33 bits per heavy atom. The van der Waals surface area contributed by atoms with E-state index in [0.717, 1.165) is 0 Å². The number of carboxylic acids is 4. The van der Waals surface area contributed by atoms with Crippen LogP contribution in [0.15, 0.2) is 41.3 Å². The Balaban J connectivity index is 0.000000249. The van der Waals surface area contributed by atoms with Crippen LogP contribution in [0.3, 0.4) is 0 Å². The molecule has 6 N–H and O–H groups in total. The van der Waals surface area contributed by atoms with Crippen molar-refractivity contribution < 1.29 is 49.8 Å². The highest BCUT2D eigenvalue weighted by Crippen LogP contribution is 2.40. The van der Waals surface area contributed by atoms with E-state index in [9.17, 15) is 19.2 Å². The van der Waals surface area contributed by atoms with Gasteiger partial charge >= 0.3 is 23.9 Å². The second-order valence-corrected chi connectivity index (χ2v) is 10.1. The molecule has 2 aromatic rings. The number of benzene rings is 1. The van der Waals surface area contributed by atoms with Crippen molar-refractivity contribution in [3.63, 3.8) is 0 Å². The van der Waals surface area contributed by atoms with E-state index in [4.69, 9.17) is 30.6 Å². The Morgan fingerprint density at radius 1 is 0.795 bits per heavy atom. The maximum Gasteiger partial charge on any atom is 0.333 e. The maximum absolute atomic E-state index is 9.72. The molecule has 1 fully saturated rings. The summed E-state index contributed by atoms with van der Waals surface area (Å²) in [7, 11) is 2.23. The summed E-state index contributed by atoms with van der Waals surface area (Å²) < 4.78 is 0. The van der Waals surface area contributed by atoms with Crippen LogP contribution in [0.1, 0.15) is 47.3 Å². The number of likely N-dealkylation sites (tertiary alicyclic amines) is 1. The average Bonchev–Trinajstić information content (AvgIpc) is 3.26. The third-order valence-electron chi connectivity index (χ3n) is 6.17. The average molecular weight is 564 g/mol. The summed E-state index contributed by atoms with van der Waals surface area (Å²) in [5.41, 5.74) is 7.77. The van der Waals surface area contributed by atoms with E-state index in [-0.39, 0.29) is 0 Å². The van der Waals surface area contributed by atoms with Gasteiger partial charge in [0, 0.05) is 18.0 Å². The topological polar surface area (TPSA) is 193 Å². The number of hydrogen-bond donors (Lipinski definition) is 6. The van der Waals surface area contributed by atoms with Crippen LogP contribution >= 0.6 is 11.3 Å². The number of piperidine rings is 1. The lowest BCUT2D eigenvalue weighted by Crippen LogP contribution is -2.27. The fourth-order valence-electron chi connectivity index (χ4n) is 4.16. The van der Waals surface area contributed by atoms with Gasteiger partial charge in [-0.1, -0.05) is 29.8 Å². The molecule has 2 atom stereocenters. The van der Waals surface area contributed by atoms with E-state index in [1.165, 1.54) is 55.5 Å². The smallest absolute Gasteiger partial charge is 0.333 e. The van der Waals surface area contributed by atoms with Gasteiger partial charge in [-0.3, -0.25) is 9.59 Å². The molecule has 0 radical (unpaired) electrons. The van der Waals surface area contributed by atoms with Gasteiger partial charge in [0.15, 0.2) is 12.2 Å². The zero-order valence-electron chi connectivity index (χ0n) is 21.4. The van der Waals surface area contributed by atoms with Crippen molar-refractivity contribution >= 4 is 40.8 Å². The van der Waals surface area contributed by atoms with Gasteiger partial charge in [-0.2, -0.15) is 0 Å². The van der Waals surface area contributed by atoms with Crippen LogP contribution < -0.4 is 0 Å². The van der Waals surface area contributed by atoms with E-state index in [1.807, 2.05) is 11.3 Å². The monoisotopic (exact) mass is 563 g/mol. The number of aliphatic hydroxyl groups is 2. The predicted octanol–water partition coefficient (Wildman–Crippen LogP) is 2.19. The van der Waals surface area contributed by atoms with Gasteiger partial charge in [-0.15, -0.1) is 11.3 Å². The zero-order chi connectivity index (χ0) is 29.1. The first kappa shape index (κ1) is 31.6. The Morgan fingerprint density at radius 3 is 1.82 bits per heavy atom. The summed E-state index contributed by atoms with van der Waals surface area (Å²) in [4.78, 5) is 42.8. The number of rotatable bonds is 6. The van der Waals surface area contributed by atoms with Gasteiger partial charge in [0.1, 0.15) is 0 Å². The largest absolute Gasteiger partial charge is 0.481 e. The van der Waals surface area contributed by atoms with E-state index in [0.29, 0.717) is 0 Å². The molecule has 0 saturated carbocycles. The lowest BCUT2D eigenvalue weighted by atomic mass is 9.88. The van der Waals surface area contributed by atoms with Crippen LogP contribution in [-0.2, 0) is 32.0 Å². The third-order valence-corrected chi connectivity index (χ3v) is 7.15. The third kappa shape index (κ3) is 9.91. The van der Waals surface area contributed by atoms with Gasteiger partial charge in [0.25, 0.3) is 0 Å². The normalized spacial score (nSPS) is 16.1. The fraction of sp³-hybridized carbons (Fsp3) is 0.407. The summed E-state index contributed by atoms with van der Waals surface area (Å²) in [6, 6.07) is 11.4. The Kier molecular flexibility index (Phi) is 12.3. The second kappa shape index (κ2) is 15.1.